The van der Waals surface area contributed by atoms with Crippen LogP contribution in [-0.4, -0.2) is 81.0 Å². The van der Waals surface area contributed by atoms with Crippen LogP contribution in [0.2, 0.25) is 5.02 Å². The van der Waals surface area contributed by atoms with Crippen molar-refractivity contribution >= 4 is 56.0 Å². The van der Waals surface area contributed by atoms with Crippen molar-refractivity contribution in [2.75, 3.05) is 38.6 Å². The van der Waals surface area contributed by atoms with Crippen molar-refractivity contribution in [3.63, 3.8) is 0 Å². The molecule has 2 aromatic carbocycles. The molecule has 2 saturated heterocycles. The van der Waals surface area contributed by atoms with Crippen molar-refractivity contribution in [2.45, 2.75) is 37.4 Å². The van der Waals surface area contributed by atoms with Gasteiger partial charge in [0, 0.05) is 66.5 Å². The normalized spacial score (nSPS) is 18.9. The van der Waals surface area contributed by atoms with E-state index in [0.717, 1.165) is 29.4 Å². The molecule has 2 aliphatic rings. The van der Waals surface area contributed by atoms with E-state index in [0.29, 0.717) is 47.7 Å². The molecular weight excluding hydrogens is 591 g/mol. The minimum Gasteiger partial charge on any atom is -0.351 e. The average molecular weight is 623 g/mol. The van der Waals surface area contributed by atoms with Gasteiger partial charge in [-0.05, 0) is 56.1 Å². The maximum atomic E-state index is 17.0. The van der Waals surface area contributed by atoms with E-state index in [2.05, 4.69) is 32.0 Å². The van der Waals surface area contributed by atoms with Crippen LogP contribution in [0.15, 0.2) is 61.7 Å². The van der Waals surface area contributed by atoms with Gasteiger partial charge in [0.25, 0.3) is 0 Å². The third-order valence-corrected chi connectivity index (χ3v) is 9.68. The highest BCUT2D eigenvalue weighted by atomic mass is 35.5. The van der Waals surface area contributed by atoms with Gasteiger partial charge in [0.1, 0.15) is 11.0 Å². The molecule has 2 atom stereocenters. The fraction of sp³-hybridized carbons (Fsp3) is 0.324. The van der Waals surface area contributed by atoms with Crippen molar-refractivity contribution in [1.29, 1.82) is 5.26 Å². The zero-order valence-electron chi connectivity index (χ0n) is 25.1. The molecule has 45 heavy (non-hydrogen) atoms. The molecule has 0 bridgehead atoms. The Balaban J connectivity index is 1.43. The third-order valence-electron chi connectivity index (χ3n) is 9.38. The summed E-state index contributed by atoms with van der Waals surface area (Å²) in [7, 11) is 4.10. The van der Waals surface area contributed by atoms with E-state index in [1.807, 2.05) is 38.4 Å². The molecule has 0 saturated carbocycles. The lowest BCUT2D eigenvalue weighted by Gasteiger charge is -2.43. The number of piperidine rings is 1. The van der Waals surface area contributed by atoms with Gasteiger partial charge in [-0.25, -0.2) is 14.4 Å². The van der Waals surface area contributed by atoms with Crippen LogP contribution in [0.25, 0.3) is 43.8 Å². The Kier molecular flexibility index (Phi) is 7.38. The molecule has 0 aliphatic carbocycles. The van der Waals surface area contributed by atoms with E-state index in [4.69, 9.17) is 21.6 Å². The van der Waals surface area contributed by atoms with Crippen LogP contribution in [0.5, 0.6) is 0 Å². The van der Waals surface area contributed by atoms with Crippen LogP contribution in [0.4, 0.5) is 10.2 Å². The summed E-state index contributed by atoms with van der Waals surface area (Å²) < 4.78 is 19.0. The predicted octanol–water partition coefficient (Wildman–Crippen LogP) is 5.97. The number of aromatic nitrogens is 4. The number of anilines is 1. The molecule has 3 aromatic heterocycles. The maximum Gasteiger partial charge on any atom is 0.246 e. The number of likely N-dealkylation sites (tertiary alicyclic amines) is 1. The van der Waals surface area contributed by atoms with Crippen LogP contribution < -0.4 is 4.90 Å². The Hall–Kier alpha value is -4.59. The summed E-state index contributed by atoms with van der Waals surface area (Å²) in [6.45, 7) is 5.61. The second-order valence-corrected chi connectivity index (χ2v) is 12.5. The number of carbonyl (C=O) groups excluding carboxylic acids is 1. The molecule has 0 spiro atoms. The van der Waals surface area contributed by atoms with Crippen LogP contribution in [0.3, 0.4) is 0 Å². The molecule has 2 aliphatic heterocycles. The van der Waals surface area contributed by atoms with Gasteiger partial charge >= 0.3 is 0 Å². The van der Waals surface area contributed by atoms with E-state index in [1.54, 1.807) is 29.7 Å². The first kappa shape index (κ1) is 29.1. The standard InChI is InChI=1S/C34H32ClFN8O/c1-4-28(45)43-13-10-22(14-21(43)8-11-37)44-19-39-32-33(44)25-15-27(35)29(24-7-5-6-20-9-12-38-16-26(20)24)30(36)31(25)40-34(32)42-17-23(18-42)41(2)3/h4-7,9,12,15-16,19,21-23H,1,8,10,13-14,17-18H2,2-3H3/t21-,22+/m1/s1. The van der Waals surface area contributed by atoms with E-state index in [-0.39, 0.29) is 40.5 Å². The molecule has 11 heteroatoms. The number of nitrogens with zero attached hydrogens (tertiary/aromatic N) is 8. The lowest BCUT2D eigenvalue weighted by Crippen LogP contribution is -2.57. The Morgan fingerprint density at radius 1 is 1.24 bits per heavy atom. The molecule has 5 aromatic rings. The number of hydrogen-bond acceptors (Lipinski definition) is 7. The number of halogens is 2. The van der Waals surface area contributed by atoms with Crippen LogP contribution >= 0.6 is 11.6 Å². The van der Waals surface area contributed by atoms with E-state index in [1.165, 1.54) is 6.08 Å². The fourth-order valence-electron chi connectivity index (χ4n) is 6.87. The molecule has 228 valence electrons. The summed E-state index contributed by atoms with van der Waals surface area (Å²) >= 11 is 6.95. The summed E-state index contributed by atoms with van der Waals surface area (Å²) in [6.07, 6.45) is 7.93. The molecule has 9 nitrogen and oxygen atoms in total. The van der Waals surface area contributed by atoms with Crippen molar-refractivity contribution in [3.05, 3.63) is 72.5 Å². The average Bonchev–Trinajstić information content (AvgIpc) is 3.46. The smallest absolute Gasteiger partial charge is 0.246 e. The van der Waals surface area contributed by atoms with Crippen molar-refractivity contribution < 1.29 is 9.18 Å². The van der Waals surface area contributed by atoms with Gasteiger partial charge in [-0.3, -0.25) is 9.78 Å². The van der Waals surface area contributed by atoms with E-state index < -0.39 is 5.82 Å². The topological polar surface area (TPSA) is 94.2 Å². The molecule has 5 heterocycles. The van der Waals surface area contributed by atoms with Crippen molar-refractivity contribution in [3.8, 4) is 17.2 Å². The maximum absolute atomic E-state index is 17.0. The predicted molar refractivity (Wildman–Crippen MR) is 175 cm³/mol. The highest BCUT2D eigenvalue weighted by molar-refractivity contribution is 6.35. The van der Waals surface area contributed by atoms with Crippen molar-refractivity contribution in [2.24, 2.45) is 0 Å². The minimum absolute atomic E-state index is 0.0720. The van der Waals surface area contributed by atoms with Gasteiger partial charge in [0.05, 0.1) is 29.4 Å². The number of benzene rings is 2. The van der Waals surface area contributed by atoms with Gasteiger partial charge in [0.15, 0.2) is 11.6 Å². The zero-order valence-corrected chi connectivity index (χ0v) is 25.9. The number of amides is 1. The quantitative estimate of drug-likeness (QED) is 0.215. The molecule has 0 N–H and O–H groups in total. The lowest BCUT2D eigenvalue weighted by atomic mass is 9.94. The SMILES string of the molecule is C=CC(=O)N1CC[C@H](n2cnc3c(N4CC(N(C)C)C4)nc4c(F)c(-c5cccc6ccncc56)c(Cl)cc4c32)C[C@H]1CC#N. The summed E-state index contributed by atoms with van der Waals surface area (Å²) in [6, 6.07) is 11.6. The number of carbonyl (C=O) groups is 1. The molecule has 0 unspecified atom stereocenters. The van der Waals surface area contributed by atoms with Gasteiger partial charge < -0.3 is 19.3 Å². The molecule has 0 radical (unpaired) electrons. The number of pyridine rings is 2. The van der Waals surface area contributed by atoms with Gasteiger partial charge in [-0.2, -0.15) is 5.26 Å². The molecule has 2 fully saturated rings. The van der Waals surface area contributed by atoms with E-state index >= 15 is 4.39 Å². The summed E-state index contributed by atoms with van der Waals surface area (Å²) in [5.41, 5.74) is 2.59. The third kappa shape index (κ3) is 4.78. The van der Waals surface area contributed by atoms with Crippen LogP contribution in [-0.2, 0) is 4.79 Å². The monoisotopic (exact) mass is 622 g/mol. The lowest BCUT2D eigenvalue weighted by molar-refractivity contribution is -0.130. The van der Waals surface area contributed by atoms with Gasteiger partial charge in [-0.1, -0.05) is 36.4 Å². The number of nitriles is 1. The Labute approximate surface area is 265 Å². The Morgan fingerprint density at radius 2 is 2.07 bits per heavy atom. The largest absolute Gasteiger partial charge is 0.351 e. The van der Waals surface area contributed by atoms with Crippen molar-refractivity contribution in [1.82, 2.24) is 29.3 Å². The summed E-state index contributed by atoms with van der Waals surface area (Å²) in [4.78, 5) is 32.7. The Morgan fingerprint density at radius 3 is 2.82 bits per heavy atom. The van der Waals surface area contributed by atoms with E-state index in [9.17, 15) is 10.1 Å². The second-order valence-electron chi connectivity index (χ2n) is 12.1. The Bertz CT molecular complexity index is 2020. The summed E-state index contributed by atoms with van der Waals surface area (Å²) in [5.74, 6) is -0.0449. The van der Waals surface area contributed by atoms with Gasteiger partial charge in [0.2, 0.25) is 5.91 Å². The number of likely N-dealkylation sites (N-methyl/N-ethyl adjacent to an activating group) is 1. The first-order chi connectivity index (χ1) is 21.8. The summed E-state index contributed by atoms with van der Waals surface area (Å²) in [5, 5.41) is 12.1. The number of rotatable bonds is 6. The highest BCUT2D eigenvalue weighted by Crippen LogP contribution is 2.43. The molecule has 1 amide bonds. The highest BCUT2D eigenvalue weighted by Gasteiger charge is 2.35. The van der Waals surface area contributed by atoms with Gasteiger partial charge in [-0.15, -0.1) is 0 Å². The van der Waals surface area contributed by atoms with Crippen LogP contribution in [0, 0.1) is 17.1 Å². The fourth-order valence-corrected chi connectivity index (χ4v) is 7.16. The zero-order chi connectivity index (χ0) is 31.4. The number of imidazole rings is 1. The first-order valence-electron chi connectivity index (χ1n) is 15.0. The minimum atomic E-state index is -0.497. The number of fused-ring (bicyclic) bond motifs is 4. The first-order valence-corrected chi connectivity index (χ1v) is 15.4. The molecular formula is C34H32ClFN8O. The van der Waals surface area contributed by atoms with Crippen LogP contribution in [0.1, 0.15) is 25.3 Å². The number of hydrogen-bond donors (Lipinski definition) is 0. The second kappa shape index (κ2) is 11.4. The molecule has 7 rings (SSSR count).